The van der Waals surface area contributed by atoms with Crippen LogP contribution < -0.4 is 0 Å². The number of rotatable bonds is 47. The number of unbranched alkanes of at least 4 members (excludes halogenated alkanes) is 19. The number of aliphatic hydroxyl groups is 2. The Morgan fingerprint density at radius 3 is 1.38 bits per heavy atom. The molecule has 0 aromatic carbocycles. The minimum atomic E-state index is -4.54. The van der Waals surface area contributed by atoms with Crippen molar-refractivity contribution in [3.63, 3.8) is 0 Å². The summed E-state index contributed by atoms with van der Waals surface area (Å²) in [5, 5.41) is 18.4. The highest BCUT2D eigenvalue weighted by Crippen LogP contribution is 2.43. The molecule has 0 aliphatic heterocycles. The van der Waals surface area contributed by atoms with E-state index in [2.05, 4.69) is 98.9 Å². The summed E-state index contributed by atoms with van der Waals surface area (Å²) in [6.45, 7) is 3.36. The molecule has 0 aromatic rings. The lowest BCUT2D eigenvalue weighted by atomic mass is 10.1. The molecule has 0 saturated carbocycles. The molecule has 0 heterocycles. The van der Waals surface area contributed by atoms with Crippen molar-refractivity contribution in [3.8, 4) is 0 Å². The normalized spacial score (nSPS) is 14.6. The maximum atomic E-state index is 12.7. The van der Waals surface area contributed by atoms with Crippen molar-refractivity contribution in [1.29, 1.82) is 0 Å². The lowest BCUT2D eigenvalue weighted by Crippen LogP contribution is -2.29. The fourth-order valence-electron chi connectivity index (χ4n) is 6.53. The number of carbonyl (C=O) groups excluding carboxylic acids is 1. The van der Waals surface area contributed by atoms with Crippen LogP contribution in [0.3, 0.4) is 0 Å². The first kappa shape index (κ1) is 60.6. The second-order valence-electron chi connectivity index (χ2n) is 16.4. The van der Waals surface area contributed by atoms with Crippen LogP contribution in [0.5, 0.6) is 0 Å². The molecule has 3 atom stereocenters. The maximum absolute atomic E-state index is 12.7. The van der Waals surface area contributed by atoms with Crippen LogP contribution in [0.15, 0.2) is 85.1 Å². The molecular weight excluding hydrogens is 812 g/mol. The van der Waals surface area contributed by atoms with Crippen LogP contribution in [0.4, 0.5) is 0 Å². The molecule has 0 amide bonds. The number of phosphoric ester groups is 1. The number of hydrogen-bond acceptors (Lipinski definition) is 8. The summed E-state index contributed by atoms with van der Waals surface area (Å²) in [6, 6.07) is 0. The van der Waals surface area contributed by atoms with E-state index in [4.69, 9.17) is 23.6 Å². The number of hydrogen-bond donors (Lipinski definition) is 3. The van der Waals surface area contributed by atoms with Gasteiger partial charge in [0.15, 0.2) is 0 Å². The minimum absolute atomic E-state index is 0.0322. The van der Waals surface area contributed by atoms with Gasteiger partial charge in [-0.1, -0.05) is 189 Å². The molecule has 63 heavy (non-hydrogen) atoms. The average Bonchev–Trinajstić information content (AvgIpc) is 3.28. The Balaban J connectivity index is 4.18. The summed E-state index contributed by atoms with van der Waals surface area (Å²) < 4.78 is 33.5. The number of phosphoric acid groups is 1. The van der Waals surface area contributed by atoms with Gasteiger partial charge < -0.3 is 24.6 Å². The van der Waals surface area contributed by atoms with Crippen LogP contribution >= 0.6 is 7.82 Å². The molecule has 0 aliphatic carbocycles. The van der Waals surface area contributed by atoms with E-state index < -0.39 is 45.8 Å². The van der Waals surface area contributed by atoms with Crippen LogP contribution in [0, 0.1) is 0 Å². The van der Waals surface area contributed by atoms with E-state index in [0.29, 0.717) is 13.0 Å². The predicted molar refractivity (Wildman–Crippen MR) is 265 cm³/mol. The zero-order valence-corrected chi connectivity index (χ0v) is 40.9. The summed E-state index contributed by atoms with van der Waals surface area (Å²) in [4.78, 5) is 22.7. The Labute approximate surface area is 385 Å². The third kappa shape index (κ3) is 48.9. The molecule has 0 aromatic heterocycles. The van der Waals surface area contributed by atoms with Gasteiger partial charge in [-0.3, -0.25) is 13.8 Å². The fourth-order valence-corrected chi connectivity index (χ4v) is 7.32. The topological polar surface area (TPSA) is 132 Å². The monoisotopic (exact) mass is 905 g/mol. The van der Waals surface area contributed by atoms with Crippen molar-refractivity contribution < 1.29 is 43.0 Å². The third-order valence-corrected chi connectivity index (χ3v) is 11.3. The summed E-state index contributed by atoms with van der Waals surface area (Å²) in [5.74, 6) is -0.409. The van der Waals surface area contributed by atoms with E-state index in [1.807, 2.05) is 0 Å². The van der Waals surface area contributed by atoms with E-state index in [1.54, 1.807) is 0 Å². The van der Waals surface area contributed by atoms with E-state index >= 15 is 0 Å². The highest BCUT2D eigenvalue weighted by Gasteiger charge is 2.26. The number of allylic oxidation sites excluding steroid dienone is 14. The summed E-state index contributed by atoms with van der Waals surface area (Å²) in [6.07, 6.45) is 61.1. The Kier molecular flexibility index (Phi) is 47.2. The smallest absolute Gasteiger partial charge is 0.457 e. The van der Waals surface area contributed by atoms with Crippen LogP contribution in [0.2, 0.25) is 0 Å². The zero-order chi connectivity index (χ0) is 46.0. The maximum Gasteiger partial charge on any atom is 0.472 e. The van der Waals surface area contributed by atoms with Gasteiger partial charge in [0.25, 0.3) is 0 Å². The van der Waals surface area contributed by atoms with Crippen molar-refractivity contribution in [2.45, 2.75) is 212 Å². The SMILES string of the molecule is CC/C=C\C/C=C\C/C=C\C/C=C\C/C=C\C/C=C\CCCCCCC(=O)OC(COCCCCCCCCCC/C=C\CCCCCCCCC)COP(=O)(O)OCC(O)CO. The van der Waals surface area contributed by atoms with Gasteiger partial charge in [0, 0.05) is 13.0 Å². The van der Waals surface area contributed by atoms with Gasteiger partial charge in [-0.15, -0.1) is 0 Å². The van der Waals surface area contributed by atoms with E-state index in [1.165, 1.54) is 89.9 Å². The lowest BCUT2D eigenvalue weighted by Gasteiger charge is -2.20. The molecule has 3 unspecified atom stereocenters. The largest absolute Gasteiger partial charge is 0.472 e. The van der Waals surface area contributed by atoms with E-state index in [-0.39, 0.29) is 13.0 Å². The van der Waals surface area contributed by atoms with E-state index in [9.17, 15) is 19.4 Å². The molecule has 0 saturated heterocycles. The molecular formula is C53H93O9P. The highest BCUT2D eigenvalue weighted by molar-refractivity contribution is 7.47. The number of carbonyl (C=O) groups is 1. The second-order valence-corrected chi connectivity index (χ2v) is 17.9. The third-order valence-electron chi connectivity index (χ3n) is 10.3. The molecule has 0 spiro atoms. The summed E-state index contributed by atoms with van der Waals surface area (Å²) in [5.41, 5.74) is 0. The number of esters is 1. The quantitative estimate of drug-likeness (QED) is 0.0236. The molecule has 0 radical (unpaired) electrons. The lowest BCUT2D eigenvalue weighted by molar-refractivity contribution is -0.154. The van der Waals surface area contributed by atoms with Crippen LogP contribution in [-0.2, 0) is 27.9 Å². The van der Waals surface area contributed by atoms with Gasteiger partial charge >= 0.3 is 13.8 Å². The Hall–Kier alpha value is -2.36. The van der Waals surface area contributed by atoms with Gasteiger partial charge in [0.1, 0.15) is 12.2 Å². The van der Waals surface area contributed by atoms with Crippen molar-refractivity contribution in [1.82, 2.24) is 0 Å². The van der Waals surface area contributed by atoms with Crippen molar-refractivity contribution >= 4 is 13.8 Å². The van der Waals surface area contributed by atoms with Crippen LogP contribution in [0.25, 0.3) is 0 Å². The summed E-state index contributed by atoms with van der Waals surface area (Å²) in [7, 11) is -4.54. The number of ether oxygens (including phenoxy) is 2. The molecule has 364 valence electrons. The van der Waals surface area contributed by atoms with E-state index in [0.717, 1.165) is 83.5 Å². The highest BCUT2D eigenvalue weighted by atomic mass is 31.2. The van der Waals surface area contributed by atoms with Crippen molar-refractivity contribution in [2.24, 2.45) is 0 Å². The Bertz CT molecular complexity index is 1250. The molecule has 0 aliphatic rings. The van der Waals surface area contributed by atoms with Gasteiger partial charge in [-0.25, -0.2) is 4.57 Å². The van der Waals surface area contributed by atoms with Gasteiger partial charge in [0.2, 0.25) is 0 Å². The van der Waals surface area contributed by atoms with Gasteiger partial charge in [-0.2, -0.15) is 0 Å². The number of aliphatic hydroxyl groups excluding tert-OH is 2. The van der Waals surface area contributed by atoms with Crippen LogP contribution in [0.1, 0.15) is 200 Å². The zero-order valence-electron chi connectivity index (χ0n) is 40.0. The molecule has 3 N–H and O–H groups in total. The molecule has 0 fully saturated rings. The second kappa shape index (κ2) is 49.1. The molecule has 9 nitrogen and oxygen atoms in total. The Morgan fingerprint density at radius 1 is 0.508 bits per heavy atom. The standard InChI is InChI=1S/C53H93O9P/c1-3-5-7-9-11-13-15-17-19-21-23-24-25-26-27-29-31-33-35-37-39-41-43-45-53(56)62-52(50-61-63(57,58)60-48-51(55)47-54)49-59-46-44-42-40-38-36-34-32-30-28-22-20-18-16-14-12-10-8-6-4-2/h5,7,11,13,17,19-20,22-24,26-27,31,33,51-52,54-55H,3-4,6,8-10,12,14-16,18,21,25,28-30,32,34-50H2,1-2H3,(H,57,58)/b7-5-,13-11-,19-17-,22-20-,24-23-,27-26-,33-31-. The van der Waals surface area contributed by atoms with Crippen LogP contribution in [-0.4, -0.2) is 66.3 Å². The van der Waals surface area contributed by atoms with Crippen molar-refractivity contribution in [2.75, 3.05) is 33.0 Å². The average molecular weight is 905 g/mol. The molecule has 0 rings (SSSR count). The first-order chi connectivity index (χ1) is 30.8. The molecule has 0 bridgehead atoms. The molecule has 10 heteroatoms. The Morgan fingerprint density at radius 2 is 0.905 bits per heavy atom. The van der Waals surface area contributed by atoms with Gasteiger partial charge in [0.05, 0.1) is 26.4 Å². The first-order valence-corrected chi connectivity index (χ1v) is 26.6. The van der Waals surface area contributed by atoms with Crippen molar-refractivity contribution in [3.05, 3.63) is 85.1 Å². The van der Waals surface area contributed by atoms with Gasteiger partial charge in [-0.05, 0) is 89.9 Å². The fraction of sp³-hybridized carbons (Fsp3) is 0.717. The summed E-state index contributed by atoms with van der Waals surface area (Å²) >= 11 is 0. The minimum Gasteiger partial charge on any atom is -0.457 e. The first-order valence-electron chi connectivity index (χ1n) is 25.1. The predicted octanol–water partition coefficient (Wildman–Crippen LogP) is 14.6.